The van der Waals surface area contributed by atoms with Crippen molar-refractivity contribution in [2.24, 2.45) is 0 Å². The number of nitro groups is 1. The Morgan fingerprint density at radius 3 is 2.50 bits per heavy atom. The molecule has 0 unspecified atom stereocenters. The van der Waals surface area contributed by atoms with Crippen LogP contribution < -0.4 is 15.4 Å². The van der Waals surface area contributed by atoms with Gasteiger partial charge >= 0.3 is 0 Å². The molecule has 2 N–H and O–H groups in total. The number of hydrogen-bond acceptors (Lipinski definition) is 4. The topological polar surface area (TPSA) is 76.4 Å². The van der Waals surface area contributed by atoms with Crippen LogP contribution in [0.2, 0.25) is 5.02 Å². The Morgan fingerprint density at radius 2 is 1.91 bits per heavy atom. The summed E-state index contributed by atoms with van der Waals surface area (Å²) in [6, 6.07) is 11.0. The molecule has 0 spiro atoms. The van der Waals surface area contributed by atoms with Crippen molar-refractivity contribution in [1.82, 2.24) is 5.32 Å². The number of non-ortho nitro benzene ring substituents is 1. The average Bonchev–Trinajstić information content (AvgIpc) is 2.49. The third-order valence-electron chi connectivity index (χ3n) is 2.64. The first kappa shape index (κ1) is 16.0. The van der Waals surface area contributed by atoms with Crippen LogP contribution in [0, 0.1) is 10.1 Å². The minimum atomic E-state index is -0.498. The maximum absolute atomic E-state index is 11.0. The number of rotatable bonds is 4. The number of thiocarbonyl (C=S) groups is 1. The molecule has 6 nitrogen and oxygen atoms in total. The van der Waals surface area contributed by atoms with Gasteiger partial charge in [0.2, 0.25) is 0 Å². The van der Waals surface area contributed by atoms with Crippen LogP contribution in [0.15, 0.2) is 42.5 Å². The van der Waals surface area contributed by atoms with E-state index in [0.717, 1.165) is 0 Å². The summed E-state index contributed by atoms with van der Waals surface area (Å²) in [7, 11) is 1.65. The van der Waals surface area contributed by atoms with E-state index < -0.39 is 4.92 Å². The molecule has 0 aromatic heterocycles. The summed E-state index contributed by atoms with van der Waals surface area (Å²) < 4.78 is 5.61. The lowest BCUT2D eigenvalue weighted by atomic mass is 10.2. The summed E-state index contributed by atoms with van der Waals surface area (Å²) in [4.78, 5) is 10.5. The highest BCUT2D eigenvalue weighted by Gasteiger charge is 2.12. The zero-order valence-corrected chi connectivity index (χ0v) is 13.1. The van der Waals surface area contributed by atoms with E-state index in [1.165, 1.54) is 12.1 Å². The van der Waals surface area contributed by atoms with Crippen molar-refractivity contribution in [3.8, 4) is 11.5 Å². The van der Waals surface area contributed by atoms with E-state index in [9.17, 15) is 10.1 Å². The summed E-state index contributed by atoms with van der Waals surface area (Å²) in [5.41, 5.74) is 0.352. The Labute approximate surface area is 137 Å². The number of nitro benzene ring substituents is 1. The second-order valence-electron chi connectivity index (χ2n) is 4.23. The highest BCUT2D eigenvalue weighted by molar-refractivity contribution is 7.80. The zero-order chi connectivity index (χ0) is 16.1. The van der Waals surface area contributed by atoms with Gasteiger partial charge in [-0.3, -0.25) is 10.1 Å². The molecule has 0 aliphatic rings. The Balaban J connectivity index is 2.30. The van der Waals surface area contributed by atoms with Crippen LogP contribution in [0.1, 0.15) is 0 Å². The van der Waals surface area contributed by atoms with Crippen molar-refractivity contribution < 1.29 is 9.66 Å². The summed E-state index contributed by atoms with van der Waals surface area (Å²) in [6.07, 6.45) is 0. The molecule has 0 amide bonds. The van der Waals surface area contributed by atoms with Gasteiger partial charge in [0, 0.05) is 24.2 Å². The smallest absolute Gasteiger partial charge is 0.275 e. The van der Waals surface area contributed by atoms with Crippen LogP contribution >= 0.6 is 23.8 Å². The molecule has 0 fully saturated rings. The number of nitrogens with one attached hydrogen (secondary N) is 2. The van der Waals surface area contributed by atoms with Gasteiger partial charge in [-0.05, 0) is 36.5 Å². The maximum Gasteiger partial charge on any atom is 0.275 e. The molecule has 0 saturated heterocycles. The van der Waals surface area contributed by atoms with Crippen molar-refractivity contribution in [2.45, 2.75) is 0 Å². The van der Waals surface area contributed by atoms with Crippen molar-refractivity contribution in [1.29, 1.82) is 0 Å². The molecule has 2 aromatic carbocycles. The highest BCUT2D eigenvalue weighted by Crippen LogP contribution is 2.30. The fourth-order valence-electron chi connectivity index (χ4n) is 1.65. The van der Waals surface area contributed by atoms with Gasteiger partial charge in [0.05, 0.1) is 16.7 Å². The zero-order valence-electron chi connectivity index (χ0n) is 11.5. The molecule has 2 rings (SSSR count). The summed E-state index contributed by atoms with van der Waals surface area (Å²) >= 11 is 10.8. The molecule has 0 atom stereocenters. The summed E-state index contributed by atoms with van der Waals surface area (Å²) in [5, 5.41) is 17.5. The van der Waals surface area contributed by atoms with Crippen LogP contribution in [-0.2, 0) is 0 Å². The van der Waals surface area contributed by atoms with E-state index in [2.05, 4.69) is 10.6 Å². The van der Waals surface area contributed by atoms with Gasteiger partial charge in [-0.2, -0.15) is 0 Å². The Morgan fingerprint density at radius 1 is 1.23 bits per heavy atom. The Kier molecular flexibility index (Phi) is 5.13. The van der Waals surface area contributed by atoms with Crippen molar-refractivity contribution in [3.63, 3.8) is 0 Å². The first-order valence-electron chi connectivity index (χ1n) is 6.19. The highest BCUT2D eigenvalue weighted by atomic mass is 35.5. The first-order valence-corrected chi connectivity index (χ1v) is 6.98. The van der Waals surface area contributed by atoms with Crippen LogP contribution in [-0.4, -0.2) is 17.1 Å². The van der Waals surface area contributed by atoms with Gasteiger partial charge in [0.1, 0.15) is 11.5 Å². The summed E-state index contributed by atoms with van der Waals surface area (Å²) in [5.74, 6) is 0.838. The minimum absolute atomic E-state index is 0.104. The number of nitrogens with zero attached hydrogens (tertiary/aromatic N) is 1. The van der Waals surface area contributed by atoms with Crippen molar-refractivity contribution in [2.75, 3.05) is 12.4 Å². The number of anilines is 1. The molecule has 8 heteroatoms. The molecule has 0 radical (unpaired) electrons. The van der Waals surface area contributed by atoms with E-state index in [-0.39, 0.29) is 5.69 Å². The fraction of sp³-hybridized carbons (Fsp3) is 0.0714. The maximum atomic E-state index is 11.0. The third kappa shape index (κ3) is 4.31. The van der Waals surface area contributed by atoms with Gasteiger partial charge in [0.15, 0.2) is 5.11 Å². The Hall–Kier alpha value is -2.38. The monoisotopic (exact) mass is 337 g/mol. The average molecular weight is 338 g/mol. The van der Waals surface area contributed by atoms with Gasteiger partial charge in [0.25, 0.3) is 5.69 Å². The molecule has 0 saturated carbocycles. The molecule has 22 heavy (non-hydrogen) atoms. The van der Waals surface area contributed by atoms with Gasteiger partial charge in [-0.25, -0.2) is 0 Å². The molecule has 0 aliphatic carbocycles. The normalized spacial score (nSPS) is 9.91. The van der Waals surface area contributed by atoms with E-state index >= 15 is 0 Å². The number of ether oxygens (including phenoxy) is 1. The van der Waals surface area contributed by atoms with E-state index in [1.807, 2.05) is 0 Å². The van der Waals surface area contributed by atoms with E-state index in [1.54, 1.807) is 37.4 Å². The first-order chi connectivity index (χ1) is 10.5. The van der Waals surface area contributed by atoms with Crippen LogP contribution in [0.5, 0.6) is 11.5 Å². The molecule has 0 aliphatic heterocycles. The molecule has 0 heterocycles. The van der Waals surface area contributed by atoms with E-state index in [0.29, 0.717) is 27.3 Å². The minimum Gasteiger partial charge on any atom is -0.457 e. The van der Waals surface area contributed by atoms with Crippen LogP contribution in [0.25, 0.3) is 0 Å². The lowest BCUT2D eigenvalue weighted by molar-refractivity contribution is -0.384. The largest absolute Gasteiger partial charge is 0.457 e. The van der Waals surface area contributed by atoms with Gasteiger partial charge < -0.3 is 15.4 Å². The molecule has 2 aromatic rings. The molecular formula is C14H12ClN3O3S. The second kappa shape index (κ2) is 7.06. The SMILES string of the molecule is CNC(=S)Nc1cc(Oc2ccc(Cl)cc2)cc([N+](=O)[O-])c1. The number of hydrogen-bond donors (Lipinski definition) is 2. The second-order valence-corrected chi connectivity index (χ2v) is 5.08. The third-order valence-corrected chi connectivity index (χ3v) is 3.19. The van der Waals surface area contributed by atoms with Crippen molar-refractivity contribution in [3.05, 3.63) is 57.6 Å². The van der Waals surface area contributed by atoms with E-state index in [4.69, 9.17) is 28.6 Å². The molecular weight excluding hydrogens is 326 g/mol. The predicted octanol–water partition coefficient (Wildman–Crippen LogP) is 3.96. The van der Waals surface area contributed by atoms with Crippen LogP contribution in [0.4, 0.5) is 11.4 Å². The van der Waals surface area contributed by atoms with Gasteiger partial charge in [-0.15, -0.1) is 0 Å². The predicted molar refractivity (Wildman–Crippen MR) is 89.9 cm³/mol. The lowest BCUT2D eigenvalue weighted by Gasteiger charge is -2.10. The number of benzene rings is 2. The molecule has 114 valence electrons. The van der Waals surface area contributed by atoms with Crippen molar-refractivity contribution >= 4 is 40.3 Å². The standard InChI is InChI=1S/C14H12ClN3O3S/c1-16-14(22)17-10-6-11(18(19)20)8-13(7-10)21-12-4-2-9(15)3-5-12/h2-8H,1H3,(H2,16,17,22). The Bertz CT molecular complexity index is 707. The van der Waals surface area contributed by atoms with Gasteiger partial charge in [-0.1, -0.05) is 11.6 Å². The van der Waals surface area contributed by atoms with Crippen LogP contribution in [0.3, 0.4) is 0 Å². The number of halogens is 1. The quantitative estimate of drug-likeness (QED) is 0.499. The lowest BCUT2D eigenvalue weighted by Crippen LogP contribution is -2.24. The molecule has 0 bridgehead atoms. The summed E-state index contributed by atoms with van der Waals surface area (Å²) in [6.45, 7) is 0. The fourth-order valence-corrected chi connectivity index (χ4v) is 1.90.